The molecular weight excluding hydrogens is 256 g/mol. The summed E-state index contributed by atoms with van der Waals surface area (Å²) in [6.45, 7) is 4.10. The molecule has 1 saturated heterocycles. The maximum Gasteiger partial charge on any atom is 0.321 e. The summed E-state index contributed by atoms with van der Waals surface area (Å²) < 4.78 is 0. The lowest BCUT2D eigenvalue weighted by Crippen LogP contribution is -2.46. The van der Waals surface area contributed by atoms with Crippen LogP contribution >= 0.6 is 0 Å². The minimum absolute atomic E-state index is 0.0716. The van der Waals surface area contributed by atoms with Crippen molar-refractivity contribution < 1.29 is 9.59 Å². The summed E-state index contributed by atoms with van der Waals surface area (Å²) in [7, 11) is 0. The van der Waals surface area contributed by atoms with Crippen LogP contribution in [0.3, 0.4) is 0 Å². The van der Waals surface area contributed by atoms with Gasteiger partial charge in [-0.05, 0) is 37.1 Å². The molecule has 0 unspecified atom stereocenters. The standard InChI is InChI=1S/C14H20N4O2/c1-2-8-15-13(19)17-11-4-6-12(7-5-11)18-10-3-9-16-14(18)20/h4-7H,2-3,8-10H2,1H3,(H,16,20)(H2,15,17,19). The van der Waals surface area contributed by atoms with Gasteiger partial charge < -0.3 is 16.0 Å². The van der Waals surface area contributed by atoms with Crippen LogP contribution in [0.5, 0.6) is 0 Å². The fourth-order valence-corrected chi connectivity index (χ4v) is 2.01. The van der Waals surface area contributed by atoms with E-state index in [1.807, 2.05) is 19.1 Å². The SMILES string of the molecule is CCCNC(=O)Nc1ccc(N2CCCNC2=O)cc1. The van der Waals surface area contributed by atoms with Crippen LogP contribution in [0, 0.1) is 0 Å². The van der Waals surface area contributed by atoms with Gasteiger partial charge in [-0.3, -0.25) is 4.90 Å². The number of anilines is 2. The van der Waals surface area contributed by atoms with Crippen molar-refractivity contribution in [3.63, 3.8) is 0 Å². The van der Waals surface area contributed by atoms with E-state index in [4.69, 9.17) is 0 Å². The first-order valence-electron chi connectivity index (χ1n) is 6.91. The van der Waals surface area contributed by atoms with Crippen molar-refractivity contribution in [3.05, 3.63) is 24.3 Å². The Bertz CT molecular complexity index is 473. The summed E-state index contributed by atoms with van der Waals surface area (Å²) in [4.78, 5) is 24.9. The van der Waals surface area contributed by atoms with E-state index in [0.29, 0.717) is 12.2 Å². The van der Waals surface area contributed by atoms with E-state index in [1.54, 1.807) is 17.0 Å². The molecule has 20 heavy (non-hydrogen) atoms. The highest BCUT2D eigenvalue weighted by Crippen LogP contribution is 2.19. The average Bonchev–Trinajstić information content (AvgIpc) is 2.47. The Morgan fingerprint density at radius 2 is 2.10 bits per heavy atom. The summed E-state index contributed by atoms with van der Waals surface area (Å²) in [5.74, 6) is 0. The number of urea groups is 2. The van der Waals surface area contributed by atoms with E-state index in [-0.39, 0.29) is 12.1 Å². The fraction of sp³-hybridized carbons (Fsp3) is 0.429. The highest BCUT2D eigenvalue weighted by molar-refractivity contribution is 5.93. The van der Waals surface area contributed by atoms with Gasteiger partial charge in [-0.2, -0.15) is 0 Å². The molecule has 0 saturated carbocycles. The zero-order chi connectivity index (χ0) is 14.4. The van der Waals surface area contributed by atoms with Gasteiger partial charge >= 0.3 is 12.1 Å². The van der Waals surface area contributed by atoms with Gasteiger partial charge in [-0.1, -0.05) is 6.92 Å². The lowest BCUT2D eigenvalue weighted by molar-refractivity contribution is 0.243. The molecule has 4 amide bonds. The molecule has 1 fully saturated rings. The quantitative estimate of drug-likeness (QED) is 0.788. The maximum atomic E-state index is 11.7. The van der Waals surface area contributed by atoms with Gasteiger partial charge in [0.1, 0.15) is 0 Å². The van der Waals surface area contributed by atoms with Crippen LogP contribution in [0.1, 0.15) is 19.8 Å². The number of nitrogens with zero attached hydrogens (tertiary/aromatic N) is 1. The number of carbonyl (C=O) groups excluding carboxylic acids is 2. The number of carbonyl (C=O) groups is 2. The number of hydrogen-bond donors (Lipinski definition) is 3. The van der Waals surface area contributed by atoms with Crippen LogP contribution in [0.2, 0.25) is 0 Å². The smallest absolute Gasteiger partial charge is 0.321 e. The number of hydrogen-bond acceptors (Lipinski definition) is 2. The molecule has 0 bridgehead atoms. The van der Waals surface area contributed by atoms with Crippen LogP contribution in [0.25, 0.3) is 0 Å². The molecule has 0 aliphatic carbocycles. The summed E-state index contributed by atoms with van der Waals surface area (Å²) in [6.07, 6.45) is 1.83. The molecule has 108 valence electrons. The number of amides is 4. The molecule has 1 aliphatic heterocycles. The molecular formula is C14H20N4O2. The predicted molar refractivity (Wildman–Crippen MR) is 79.1 cm³/mol. The molecule has 1 heterocycles. The lowest BCUT2D eigenvalue weighted by atomic mass is 10.2. The first kappa shape index (κ1) is 14.2. The first-order valence-corrected chi connectivity index (χ1v) is 6.91. The van der Waals surface area contributed by atoms with Crippen molar-refractivity contribution in [1.82, 2.24) is 10.6 Å². The average molecular weight is 276 g/mol. The molecule has 2 rings (SSSR count). The minimum atomic E-state index is -0.213. The van der Waals surface area contributed by atoms with Gasteiger partial charge in [-0.15, -0.1) is 0 Å². The molecule has 0 spiro atoms. The zero-order valence-electron chi connectivity index (χ0n) is 11.6. The summed E-state index contributed by atoms with van der Waals surface area (Å²) in [6, 6.07) is 6.97. The van der Waals surface area contributed by atoms with E-state index in [2.05, 4.69) is 16.0 Å². The van der Waals surface area contributed by atoms with Gasteiger partial charge in [0.25, 0.3) is 0 Å². The summed E-state index contributed by atoms with van der Waals surface area (Å²) in [5, 5.41) is 8.30. The van der Waals surface area contributed by atoms with Crippen LogP contribution in [-0.4, -0.2) is 31.7 Å². The maximum absolute atomic E-state index is 11.7. The van der Waals surface area contributed by atoms with Gasteiger partial charge in [0.2, 0.25) is 0 Å². The van der Waals surface area contributed by atoms with Crippen molar-refractivity contribution in [2.75, 3.05) is 29.9 Å². The van der Waals surface area contributed by atoms with Gasteiger partial charge in [-0.25, -0.2) is 9.59 Å². The number of benzene rings is 1. The molecule has 6 nitrogen and oxygen atoms in total. The van der Waals surface area contributed by atoms with Crippen molar-refractivity contribution in [1.29, 1.82) is 0 Å². The lowest BCUT2D eigenvalue weighted by Gasteiger charge is -2.27. The molecule has 0 atom stereocenters. The Labute approximate surface area is 118 Å². The van der Waals surface area contributed by atoms with E-state index in [9.17, 15) is 9.59 Å². The minimum Gasteiger partial charge on any atom is -0.338 e. The third kappa shape index (κ3) is 3.63. The molecule has 3 N–H and O–H groups in total. The van der Waals surface area contributed by atoms with Crippen molar-refractivity contribution in [2.45, 2.75) is 19.8 Å². The third-order valence-electron chi connectivity index (χ3n) is 3.05. The second kappa shape index (κ2) is 6.79. The Balaban J connectivity index is 1.95. The Hall–Kier alpha value is -2.24. The van der Waals surface area contributed by atoms with Gasteiger partial charge in [0.15, 0.2) is 0 Å². The monoisotopic (exact) mass is 276 g/mol. The molecule has 0 aromatic heterocycles. The van der Waals surface area contributed by atoms with Crippen LogP contribution in [-0.2, 0) is 0 Å². The van der Waals surface area contributed by atoms with Crippen LogP contribution in [0.15, 0.2) is 24.3 Å². The predicted octanol–water partition coefficient (Wildman–Crippen LogP) is 2.14. The molecule has 1 aromatic rings. The highest BCUT2D eigenvalue weighted by atomic mass is 16.2. The number of rotatable bonds is 4. The normalized spacial score (nSPS) is 14.7. The highest BCUT2D eigenvalue weighted by Gasteiger charge is 2.18. The zero-order valence-corrected chi connectivity index (χ0v) is 11.6. The first-order chi connectivity index (χ1) is 9.70. The van der Waals surface area contributed by atoms with E-state index in [0.717, 1.165) is 31.6 Å². The topological polar surface area (TPSA) is 73.5 Å². The second-order valence-electron chi connectivity index (χ2n) is 4.66. The molecule has 1 aliphatic rings. The van der Waals surface area contributed by atoms with E-state index >= 15 is 0 Å². The third-order valence-corrected chi connectivity index (χ3v) is 3.05. The molecule has 0 radical (unpaired) electrons. The second-order valence-corrected chi connectivity index (χ2v) is 4.66. The van der Waals surface area contributed by atoms with E-state index < -0.39 is 0 Å². The largest absolute Gasteiger partial charge is 0.338 e. The Morgan fingerprint density at radius 1 is 1.35 bits per heavy atom. The Morgan fingerprint density at radius 3 is 2.75 bits per heavy atom. The fourth-order valence-electron chi connectivity index (χ4n) is 2.01. The van der Waals surface area contributed by atoms with E-state index in [1.165, 1.54) is 0 Å². The molecule has 1 aromatic carbocycles. The summed E-state index contributed by atoms with van der Waals surface area (Å²) >= 11 is 0. The van der Waals surface area contributed by atoms with Crippen LogP contribution in [0.4, 0.5) is 21.0 Å². The number of nitrogens with one attached hydrogen (secondary N) is 3. The Kier molecular flexibility index (Phi) is 4.81. The van der Waals surface area contributed by atoms with Crippen molar-refractivity contribution in [2.24, 2.45) is 0 Å². The van der Waals surface area contributed by atoms with Crippen molar-refractivity contribution in [3.8, 4) is 0 Å². The van der Waals surface area contributed by atoms with Gasteiger partial charge in [0.05, 0.1) is 0 Å². The molecule has 6 heteroatoms. The van der Waals surface area contributed by atoms with Crippen molar-refractivity contribution >= 4 is 23.4 Å². The van der Waals surface area contributed by atoms with Crippen LogP contribution < -0.4 is 20.9 Å². The summed E-state index contributed by atoms with van der Waals surface area (Å²) in [5.41, 5.74) is 1.54. The van der Waals surface area contributed by atoms with Gasteiger partial charge in [0, 0.05) is 31.0 Å².